The van der Waals surface area contributed by atoms with Crippen molar-refractivity contribution in [3.8, 4) is 0 Å². The number of non-ortho nitro benzene ring substituents is 1. The van der Waals surface area contributed by atoms with Crippen LogP contribution in [0, 0.1) is 21.4 Å². The van der Waals surface area contributed by atoms with Gasteiger partial charge in [0.25, 0.3) is 5.69 Å². The molecule has 1 amide bonds. The summed E-state index contributed by atoms with van der Waals surface area (Å²) in [4.78, 5) is 64.2. The summed E-state index contributed by atoms with van der Waals surface area (Å²) in [7, 11) is -2.12. The van der Waals surface area contributed by atoms with Gasteiger partial charge in [-0.3, -0.25) is 24.6 Å². The van der Waals surface area contributed by atoms with Crippen molar-refractivity contribution >= 4 is 45.5 Å². The number of carbonyl (C=O) groups is 4. The number of hydrogen-bond acceptors (Lipinski definition) is 11. The number of β-lactam (4-membered cyclic amide) rings is 1. The average Bonchev–Trinajstić information content (AvgIpc) is 2.87. The lowest BCUT2D eigenvalue weighted by Gasteiger charge is -2.48. The maximum absolute atomic E-state index is 13.1. The van der Waals surface area contributed by atoms with Gasteiger partial charge in [0.05, 0.1) is 15.9 Å². The molecule has 0 spiro atoms. The standard InChI is InChI=1S/C24H26N4O11S/c1-12-17(21(30)37-11-38-22(31)24(3,4)5)27-19(29)16(20(27)40(35)18(12)26-25)13(2)39-23(32)36-10-14-6-8-15(9-7-14)28(33)34/h6-9,13,16,20H,10-11H2,1-5H3/t13?,16-,20+,40?/m0/s1. The van der Waals surface area contributed by atoms with Crippen LogP contribution >= 0.6 is 0 Å². The molecule has 4 atom stereocenters. The van der Waals surface area contributed by atoms with Crippen LogP contribution in [0.3, 0.4) is 0 Å². The molecule has 2 aliphatic heterocycles. The maximum atomic E-state index is 13.1. The first-order valence-corrected chi connectivity index (χ1v) is 13.0. The fraction of sp³-hybridized carbons (Fsp3) is 0.458. The Morgan fingerprint density at radius 1 is 1.18 bits per heavy atom. The largest absolute Gasteiger partial charge is 0.508 e. The molecule has 40 heavy (non-hydrogen) atoms. The molecule has 3 rings (SSSR count). The second kappa shape index (κ2) is 11.8. The summed E-state index contributed by atoms with van der Waals surface area (Å²) in [5.74, 6) is -3.65. The number of amides is 1. The van der Waals surface area contributed by atoms with E-state index < -0.39 is 69.3 Å². The summed E-state index contributed by atoms with van der Waals surface area (Å²) in [6, 6.07) is 5.25. The fourth-order valence-electron chi connectivity index (χ4n) is 3.84. The molecular formula is C24H26N4O11S. The molecule has 0 aliphatic carbocycles. The van der Waals surface area contributed by atoms with Gasteiger partial charge >= 0.3 is 23.1 Å². The summed E-state index contributed by atoms with van der Waals surface area (Å²) in [6.45, 7) is 6.43. The van der Waals surface area contributed by atoms with Crippen LogP contribution < -0.4 is 0 Å². The Kier molecular flexibility index (Phi) is 8.85. The van der Waals surface area contributed by atoms with Crippen LogP contribution in [0.25, 0.3) is 5.53 Å². The molecule has 1 fully saturated rings. The molecule has 1 saturated heterocycles. The quantitative estimate of drug-likeness (QED) is 0.0831. The minimum atomic E-state index is -2.12. The zero-order valence-corrected chi connectivity index (χ0v) is 23.0. The number of esters is 2. The van der Waals surface area contributed by atoms with E-state index in [0.717, 1.165) is 4.90 Å². The van der Waals surface area contributed by atoms with E-state index in [1.807, 2.05) is 0 Å². The number of nitro groups is 1. The Balaban J connectivity index is 1.68. The summed E-state index contributed by atoms with van der Waals surface area (Å²) >= 11 is 0. The Morgan fingerprint density at radius 3 is 2.35 bits per heavy atom. The summed E-state index contributed by atoms with van der Waals surface area (Å²) in [6.07, 6.45) is -2.34. The van der Waals surface area contributed by atoms with Gasteiger partial charge in [-0.15, -0.1) is 0 Å². The summed E-state index contributed by atoms with van der Waals surface area (Å²) in [5, 5.41) is 9.13. The number of nitrogens with zero attached hydrogens (tertiary/aromatic N) is 4. The van der Waals surface area contributed by atoms with Crippen molar-refractivity contribution in [3.63, 3.8) is 0 Å². The van der Waals surface area contributed by atoms with Gasteiger partial charge < -0.3 is 24.5 Å². The second-order valence-corrected chi connectivity index (χ2v) is 11.3. The zero-order chi connectivity index (χ0) is 29.9. The lowest BCUT2D eigenvalue weighted by atomic mass is 9.91. The third-order valence-corrected chi connectivity index (χ3v) is 7.69. The highest BCUT2D eigenvalue weighted by atomic mass is 32.2. The van der Waals surface area contributed by atoms with E-state index in [2.05, 4.69) is 4.79 Å². The summed E-state index contributed by atoms with van der Waals surface area (Å²) < 4.78 is 33.2. The molecule has 1 aromatic carbocycles. The molecular weight excluding hydrogens is 552 g/mol. The normalized spacial score (nSPS) is 20.9. The van der Waals surface area contributed by atoms with Crippen LogP contribution in [-0.2, 0) is 50.7 Å². The van der Waals surface area contributed by atoms with Crippen molar-refractivity contribution < 1.29 is 52.0 Å². The Hall–Kier alpha value is -4.43. The van der Waals surface area contributed by atoms with Gasteiger partial charge in [0.2, 0.25) is 12.7 Å². The smallest absolute Gasteiger partial charge is 0.430 e. The second-order valence-electron chi connectivity index (χ2n) is 9.82. The third-order valence-electron chi connectivity index (χ3n) is 5.98. The van der Waals surface area contributed by atoms with Crippen molar-refractivity contribution in [2.45, 2.75) is 52.7 Å². The molecule has 2 heterocycles. The minimum Gasteiger partial charge on any atom is -0.430 e. The van der Waals surface area contributed by atoms with Crippen LogP contribution in [0.2, 0.25) is 0 Å². The van der Waals surface area contributed by atoms with E-state index >= 15 is 0 Å². The molecule has 1 aromatic rings. The number of nitro benzene ring substituents is 1. The minimum absolute atomic E-state index is 0.0906. The van der Waals surface area contributed by atoms with Crippen LogP contribution in [-0.4, -0.2) is 66.1 Å². The Labute approximate surface area is 230 Å². The highest BCUT2D eigenvalue weighted by Gasteiger charge is 2.62. The molecule has 0 aromatic heterocycles. The lowest BCUT2D eigenvalue weighted by molar-refractivity contribution is -0.384. The van der Waals surface area contributed by atoms with Crippen molar-refractivity contribution in [1.82, 2.24) is 4.90 Å². The molecule has 0 N–H and O–H groups in total. The van der Waals surface area contributed by atoms with Gasteiger partial charge in [0.1, 0.15) is 29.7 Å². The number of ether oxygens (including phenoxy) is 4. The van der Waals surface area contributed by atoms with Gasteiger partial charge in [-0.1, -0.05) is 0 Å². The van der Waals surface area contributed by atoms with Gasteiger partial charge in [-0.2, -0.15) is 4.79 Å². The topological polar surface area (TPSA) is 205 Å². The maximum Gasteiger partial charge on any atom is 0.508 e. The molecule has 0 saturated carbocycles. The van der Waals surface area contributed by atoms with E-state index in [0.29, 0.717) is 5.56 Å². The lowest BCUT2D eigenvalue weighted by Crippen LogP contribution is -2.69. The zero-order valence-electron chi connectivity index (χ0n) is 22.1. The van der Waals surface area contributed by atoms with E-state index in [9.17, 15) is 39.0 Å². The predicted molar refractivity (Wildman–Crippen MR) is 134 cm³/mol. The highest BCUT2D eigenvalue weighted by molar-refractivity contribution is 8.01. The molecule has 2 aliphatic rings. The first-order valence-electron chi connectivity index (χ1n) is 11.8. The number of hydrogen-bond donors (Lipinski definition) is 0. The molecule has 2 unspecified atom stereocenters. The molecule has 16 heteroatoms. The van der Waals surface area contributed by atoms with Gasteiger partial charge in [0, 0.05) is 12.1 Å². The number of carbonyl (C=O) groups excluding carboxylic acids is 4. The SMILES string of the molecule is CC1=C(C(=O)OCOC(=O)C(C)(C)C)N2C(=O)[C@H](C(C)OC(=O)OCc3ccc([N+](=O)[O-])cc3)[C@H]2S(=O)C1=[N+]=[N-]. The molecule has 214 valence electrons. The number of benzene rings is 1. The highest BCUT2D eigenvalue weighted by Crippen LogP contribution is 2.41. The Morgan fingerprint density at radius 2 is 1.80 bits per heavy atom. The van der Waals surface area contributed by atoms with E-state index in [4.69, 9.17) is 18.9 Å². The molecule has 15 nitrogen and oxygen atoms in total. The van der Waals surface area contributed by atoms with Crippen LogP contribution in [0.5, 0.6) is 0 Å². The van der Waals surface area contributed by atoms with E-state index in [1.54, 1.807) is 20.8 Å². The van der Waals surface area contributed by atoms with Crippen molar-refractivity contribution in [3.05, 3.63) is 56.7 Å². The third kappa shape index (κ3) is 6.07. The molecule has 0 bridgehead atoms. The van der Waals surface area contributed by atoms with Crippen LogP contribution in [0.1, 0.15) is 40.2 Å². The number of fused-ring (bicyclic) bond motifs is 1. The summed E-state index contributed by atoms with van der Waals surface area (Å²) in [5.41, 5.74) is 8.44. The van der Waals surface area contributed by atoms with Crippen molar-refractivity contribution in [2.75, 3.05) is 6.79 Å². The monoisotopic (exact) mass is 578 g/mol. The van der Waals surface area contributed by atoms with Crippen molar-refractivity contribution in [2.24, 2.45) is 11.3 Å². The fourth-order valence-corrected chi connectivity index (χ4v) is 5.55. The van der Waals surface area contributed by atoms with E-state index in [-0.39, 0.29) is 28.6 Å². The van der Waals surface area contributed by atoms with Crippen LogP contribution in [0.15, 0.2) is 35.5 Å². The predicted octanol–water partition coefficient (Wildman–Crippen LogP) is 2.18. The van der Waals surface area contributed by atoms with Crippen LogP contribution in [0.4, 0.5) is 10.5 Å². The molecule has 0 radical (unpaired) electrons. The number of rotatable bonds is 8. The first kappa shape index (κ1) is 30.1. The van der Waals surface area contributed by atoms with Gasteiger partial charge in [-0.25, -0.2) is 13.8 Å². The van der Waals surface area contributed by atoms with Crippen molar-refractivity contribution in [1.29, 1.82) is 0 Å². The average molecular weight is 579 g/mol. The first-order chi connectivity index (χ1) is 18.7. The van der Waals surface area contributed by atoms with Gasteiger partial charge in [-0.05, 0) is 52.3 Å². The Bertz CT molecular complexity index is 1360. The van der Waals surface area contributed by atoms with E-state index in [1.165, 1.54) is 38.1 Å². The van der Waals surface area contributed by atoms with Gasteiger partial charge in [0.15, 0.2) is 10.8 Å².